The number of carboxylic acid groups (broad SMARTS) is 1. The van der Waals surface area contributed by atoms with Gasteiger partial charge in [0.1, 0.15) is 5.75 Å². The van der Waals surface area contributed by atoms with E-state index in [0.29, 0.717) is 24.4 Å². The van der Waals surface area contributed by atoms with Gasteiger partial charge >= 0.3 is 5.97 Å². The SMILES string of the molecule is CCN(Cc1cc(-c2ccc3cccnc3c2)ccc1-c1cc(CC(=O)O)ccc1OC)C(=O)C1CC1. The minimum atomic E-state index is -0.885. The van der Waals surface area contributed by atoms with Crippen molar-refractivity contribution in [1.82, 2.24) is 9.88 Å². The van der Waals surface area contributed by atoms with Crippen molar-refractivity contribution in [2.45, 2.75) is 32.7 Å². The van der Waals surface area contributed by atoms with Gasteiger partial charge in [0.2, 0.25) is 5.91 Å². The van der Waals surface area contributed by atoms with Crippen LogP contribution in [-0.4, -0.2) is 40.5 Å². The third-order valence-electron chi connectivity index (χ3n) is 6.94. The molecular weight excluding hydrogens is 464 g/mol. The second-order valence-electron chi connectivity index (χ2n) is 9.51. The van der Waals surface area contributed by atoms with Crippen LogP contribution in [0.4, 0.5) is 0 Å². The van der Waals surface area contributed by atoms with Crippen LogP contribution in [0.1, 0.15) is 30.9 Å². The highest BCUT2D eigenvalue weighted by Crippen LogP contribution is 2.38. The molecule has 1 aliphatic carbocycles. The van der Waals surface area contributed by atoms with Gasteiger partial charge in [0.15, 0.2) is 0 Å². The van der Waals surface area contributed by atoms with E-state index in [0.717, 1.165) is 51.6 Å². The number of pyridine rings is 1. The van der Waals surface area contributed by atoms with Crippen LogP contribution in [0.3, 0.4) is 0 Å². The molecule has 188 valence electrons. The van der Waals surface area contributed by atoms with E-state index in [4.69, 9.17) is 4.74 Å². The van der Waals surface area contributed by atoms with Crippen molar-refractivity contribution in [3.8, 4) is 28.0 Å². The van der Waals surface area contributed by atoms with Gasteiger partial charge < -0.3 is 14.7 Å². The fraction of sp³-hybridized carbons (Fsp3) is 0.258. The Hall–Kier alpha value is -4.19. The topological polar surface area (TPSA) is 79.7 Å². The van der Waals surface area contributed by atoms with Gasteiger partial charge in [0, 0.05) is 36.2 Å². The van der Waals surface area contributed by atoms with Crippen molar-refractivity contribution in [2.24, 2.45) is 5.92 Å². The van der Waals surface area contributed by atoms with Crippen LogP contribution in [0, 0.1) is 5.92 Å². The molecule has 0 spiro atoms. The number of benzene rings is 3. The Balaban J connectivity index is 1.62. The van der Waals surface area contributed by atoms with Crippen LogP contribution in [-0.2, 0) is 22.6 Å². The molecule has 0 unspecified atom stereocenters. The van der Waals surface area contributed by atoms with E-state index in [1.54, 1.807) is 19.4 Å². The number of ether oxygens (including phenoxy) is 1. The number of methoxy groups -OCH3 is 1. The number of aromatic nitrogens is 1. The highest BCUT2D eigenvalue weighted by atomic mass is 16.5. The summed E-state index contributed by atoms with van der Waals surface area (Å²) in [5.74, 6) is 0.102. The third-order valence-corrected chi connectivity index (χ3v) is 6.94. The largest absolute Gasteiger partial charge is 0.496 e. The number of hydrogen-bond donors (Lipinski definition) is 1. The number of fused-ring (bicyclic) bond motifs is 1. The van der Waals surface area contributed by atoms with E-state index in [1.165, 1.54) is 0 Å². The summed E-state index contributed by atoms with van der Waals surface area (Å²) in [6.07, 6.45) is 3.63. The molecule has 4 aromatic rings. The Bertz CT molecular complexity index is 1480. The molecular formula is C31H30N2O4. The summed E-state index contributed by atoms with van der Waals surface area (Å²) in [7, 11) is 1.61. The van der Waals surface area contributed by atoms with E-state index < -0.39 is 5.97 Å². The summed E-state index contributed by atoms with van der Waals surface area (Å²) in [6.45, 7) is 3.09. The maximum atomic E-state index is 13.0. The molecule has 0 atom stereocenters. The Morgan fingerprint density at radius 1 is 1.00 bits per heavy atom. The number of nitrogens with zero attached hydrogens (tertiary/aromatic N) is 2. The number of carbonyl (C=O) groups excluding carboxylic acids is 1. The maximum Gasteiger partial charge on any atom is 0.307 e. The second kappa shape index (κ2) is 10.4. The van der Waals surface area contributed by atoms with E-state index in [-0.39, 0.29) is 18.2 Å². The van der Waals surface area contributed by atoms with Crippen LogP contribution >= 0.6 is 0 Å². The number of hydrogen-bond acceptors (Lipinski definition) is 4. The highest BCUT2D eigenvalue weighted by Gasteiger charge is 2.33. The Morgan fingerprint density at radius 3 is 2.51 bits per heavy atom. The van der Waals surface area contributed by atoms with E-state index in [2.05, 4.69) is 35.3 Å². The number of rotatable bonds is 9. The predicted molar refractivity (Wildman–Crippen MR) is 144 cm³/mol. The van der Waals surface area contributed by atoms with Crippen LogP contribution in [0.5, 0.6) is 5.75 Å². The molecule has 0 radical (unpaired) electrons. The molecule has 6 nitrogen and oxygen atoms in total. The summed E-state index contributed by atoms with van der Waals surface area (Å²) in [5.41, 5.74) is 6.42. The normalized spacial score (nSPS) is 12.9. The Morgan fingerprint density at radius 2 is 1.78 bits per heavy atom. The second-order valence-corrected chi connectivity index (χ2v) is 9.51. The Labute approximate surface area is 216 Å². The van der Waals surface area contributed by atoms with Crippen LogP contribution < -0.4 is 4.74 Å². The first kappa shape index (κ1) is 24.5. The lowest BCUT2D eigenvalue weighted by Gasteiger charge is -2.24. The van der Waals surface area contributed by atoms with Gasteiger partial charge in [0.25, 0.3) is 0 Å². The van der Waals surface area contributed by atoms with Crippen molar-refractivity contribution in [1.29, 1.82) is 0 Å². The molecule has 1 aliphatic rings. The van der Waals surface area contributed by atoms with E-state index in [9.17, 15) is 14.7 Å². The molecule has 6 heteroatoms. The molecule has 0 bridgehead atoms. The zero-order chi connectivity index (χ0) is 25.9. The molecule has 1 heterocycles. The molecule has 5 rings (SSSR count). The summed E-state index contributed by atoms with van der Waals surface area (Å²) in [4.78, 5) is 30.8. The van der Waals surface area contributed by atoms with Gasteiger partial charge in [-0.05, 0) is 77.9 Å². The van der Waals surface area contributed by atoms with Gasteiger partial charge in [-0.3, -0.25) is 14.6 Å². The van der Waals surface area contributed by atoms with Crippen molar-refractivity contribution in [3.63, 3.8) is 0 Å². The zero-order valence-electron chi connectivity index (χ0n) is 21.1. The monoisotopic (exact) mass is 494 g/mol. The first-order valence-electron chi connectivity index (χ1n) is 12.6. The van der Waals surface area contributed by atoms with Gasteiger partial charge in [0.05, 0.1) is 19.0 Å². The third kappa shape index (κ3) is 5.33. The molecule has 3 aromatic carbocycles. The smallest absolute Gasteiger partial charge is 0.307 e. The van der Waals surface area contributed by atoms with Crippen molar-refractivity contribution in [2.75, 3.05) is 13.7 Å². The molecule has 37 heavy (non-hydrogen) atoms. The summed E-state index contributed by atoms with van der Waals surface area (Å²) in [5, 5.41) is 10.4. The number of carboxylic acids is 1. The first-order valence-corrected chi connectivity index (χ1v) is 12.6. The average molecular weight is 495 g/mol. The lowest BCUT2D eigenvalue weighted by molar-refractivity contribution is -0.136. The minimum Gasteiger partial charge on any atom is -0.496 e. The molecule has 0 saturated heterocycles. The summed E-state index contributed by atoms with van der Waals surface area (Å²) >= 11 is 0. The standard InChI is InChI=1S/C31H30N2O4/c1-3-33(31(36)22-8-9-22)19-25-17-23(24-10-7-21-5-4-14-32-28(21)18-24)11-12-26(25)27-15-20(16-30(34)35)6-13-29(27)37-2/h4-7,10-15,17-18,22H,3,8-9,16,19H2,1-2H3,(H,34,35). The molecule has 1 amide bonds. The predicted octanol–water partition coefficient (Wildman–Crippen LogP) is 5.96. The van der Waals surface area contributed by atoms with Gasteiger partial charge in [-0.1, -0.05) is 36.4 Å². The fourth-order valence-corrected chi connectivity index (χ4v) is 4.80. The number of carbonyl (C=O) groups is 2. The first-order chi connectivity index (χ1) is 18.0. The van der Waals surface area contributed by atoms with E-state index >= 15 is 0 Å². The molecule has 1 aromatic heterocycles. The van der Waals surface area contributed by atoms with Crippen molar-refractivity contribution >= 4 is 22.8 Å². The van der Waals surface area contributed by atoms with Crippen LogP contribution in [0.2, 0.25) is 0 Å². The molecule has 0 aliphatic heterocycles. The van der Waals surface area contributed by atoms with Gasteiger partial charge in [-0.25, -0.2) is 0 Å². The van der Waals surface area contributed by atoms with Crippen molar-refractivity contribution in [3.05, 3.63) is 84.1 Å². The quantitative estimate of drug-likeness (QED) is 0.310. The summed E-state index contributed by atoms with van der Waals surface area (Å²) < 4.78 is 5.67. The van der Waals surface area contributed by atoms with Crippen LogP contribution in [0.25, 0.3) is 33.2 Å². The van der Waals surface area contributed by atoms with Crippen LogP contribution in [0.15, 0.2) is 72.9 Å². The highest BCUT2D eigenvalue weighted by molar-refractivity contribution is 5.86. The fourth-order valence-electron chi connectivity index (χ4n) is 4.80. The Kier molecular flexibility index (Phi) is 6.91. The number of amides is 1. The van der Waals surface area contributed by atoms with Crippen molar-refractivity contribution < 1.29 is 19.4 Å². The lowest BCUT2D eigenvalue weighted by atomic mass is 9.92. The molecule has 1 N–H and O–H groups in total. The summed E-state index contributed by atoms with van der Waals surface area (Å²) in [6, 6.07) is 21.9. The minimum absolute atomic E-state index is 0.0737. The zero-order valence-corrected chi connectivity index (χ0v) is 21.1. The van der Waals surface area contributed by atoms with Gasteiger partial charge in [-0.15, -0.1) is 0 Å². The molecule has 1 saturated carbocycles. The maximum absolute atomic E-state index is 13.0. The lowest BCUT2D eigenvalue weighted by Crippen LogP contribution is -2.31. The number of aliphatic carboxylic acids is 1. The van der Waals surface area contributed by atoms with Gasteiger partial charge in [-0.2, -0.15) is 0 Å². The average Bonchev–Trinajstić information content (AvgIpc) is 3.76. The van der Waals surface area contributed by atoms with E-state index in [1.807, 2.05) is 42.2 Å². The molecule has 1 fully saturated rings.